The van der Waals surface area contributed by atoms with E-state index in [2.05, 4.69) is 13.2 Å². The zero-order valence-electron chi connectivity index (χ0n) is 14.1. The second-order valence-corrected chi connectivity index (χ2v) is 7.48. The second-order valence-electron chi connectivity index (χ2n) is 7.48. The molecule has 2 bridgehead atoms. The van der Waals surface area contributed by atoms with Gasteiger partial charge in [-0.1, -0.05) is 13.2 Å². The third-order valence-electron chi connectivity index (χ3n) is 5.89. The van der Waals surface area contributed by atoms with Gasteiger partial charge in [-0.3, -0.25) is 0 Å². The lowest BCUT2D eigenvalue weighted by Gasteiger charge is -2.47. The smallest absolute Gasteiger partial charge is 0.333 e. The van der Waals surface area contributed by atoms with Crippen LogP contribution in [0.15, 0.2) is 24.3 Å². The van der Waals surface area contributed by atoms with Crippen LogP contribution in [0, 0.1) is 11.8 Å². The lowest BCUT2D eigenvalue weighted by molar-refractivity contribution is -0.235. The number of aliphatic hydroxyl groups is 2. The highest BCUT2D eigenvalue weighted by Crippen LogP contribution is 2.66. The van der Waals surface area contributed by atoms with Crippen LogP contribution >= 0.6 is 0 Å². The third-order valence-corrected chi connectivity index (χ3v) is 5.89. The number of rotatable bonds is 4. The Kier molecular flexibility index (Phi) is 3.88. The van der Waals surface area contributed by atoms with E-state index in [4.69, 9.17) is 9.47 Å². The topological polar surface area (TPSA) is 93.1 Å². The number of ether oxygens (including phenoxy) is 2. The van der Waals surface area contributed by atoms with E-state index in [0.717, 1.165) is 6.42 Å². The molecule has 0 aromatic rings. The maximum atomic E-state index is 12.3. The molecule has 0 amide bonds. The molecule has 6 atom stereocenters. The van der Waals surface area contributed by atoms with Gasteiger partial charge in [-0.2, -0.15) is 0 Å². The SMILES string of the molecule is C=C(C)C(=O)OC12CCC(C1)C1CC(O)C(O)C12OC(=O)C(=C)C. The summed E-state index contributed by atoms with van der Waals surface area (Å²) in [6, 6.07) is 0. The molecular formula is C18H24O6. The Morgan fingerprint density at radius 1 is 1.08 bits per heavy atom. The highest BCUT2D eigenvalue weighted by molar-refractivity contribution is 5.88. The first kappa shape index (κ1) is 17.2. The molecule has 0 radical (unpaired) electrons. The van der Waals surface area contributed by atoms with Crippen LogP contribution in [0.4, 0.5) is 0 Å². The van der Waals surface area contributed by atoms with Crippen molar-refractivity contribution in [3.63, 3.8) is 0 Å². The van der Waals surface area contributed by atoms with Crippen molar-refractivity contribution in [2.24, 2.45) is 11.8 Å². The monoisotopic (exact) mass is 336 g/mol. The molecule has 0 heterocycles. The number of carbonyl (C=O) groups excluding carboxylic acids is 2. The highest BCUT2D eigenvalue weighted by atomic mass is 16.6. The molecule has 6 unspecified atom stereocenters. The Balaban J connectivity index is 2.05. The minimum absolute atomic E-state index is 0.132. The number of hydrogen-bond donors (Lipinski definition) is 2. The standard InChI is InChI=1S/C18H24O6/c1-9(2)15(21)23-17-6-5-11(8-17)12-7-13(19)14(20)18(12,17)24-16(22)10(3)4/h11-14,19-20H,1,3,5-8H2,2,4H3. The van der Waals surface area contributed by atoms with Crippen molar-refractivity contribution in [1.82, 2.24) is 0 Å². The van der Waals surface area contributed by atoms with Gasteiger partial charge in [0.1, 0.15) is 6.10 Å². The third kappa shape index (κ3) is 2.09. The number of hydrogen-bond acceptors (Lipinski definition) is 6. The average Bonchev–Trinajstić information content (AvgIpc) is 3.10. The largest absolute Gasteiger partial charge is 0.451 e. The normalized spacial score (nSPS) is 42.5. The lowest BCUT2D eigenvalue weighted by Crippen LogP contribution is -2.64. The summed E-state index contributed by atoms with van der Waals surface area (Å²) in [7, 11) is 0. The summed E-state index contributed by atoms with van der Waals surface area (Å²) in [5.74, 6) is -1.33. The maximum absolute atomic E-state index is 12.3. The van der Waals surface area contributed by atoms with Crippen molar-refractivity contribution < 1.29 is 29.3 Å². The van der Waals surface area contributed by atoms with Gasteiger partial charge in [0, 0.05) is 17.1 Å². The zero-order chi connectivity index (χ0) is 17.9. The molecule has 24 heavy (non-hydrogen) atoms. The van der Waals surface area contributed by atoms with E-state index in [-0.39, 0.29) is 23.0 Å². The molecule has 3 fully saturated rings. The molecule has 132 valence electrons. The van der Waals surface area contributed by atoms with Gasteiger partial charge < -0.3 is 19.7 Å². The van der Waals surface area contributed by atoms with Crippen LogP contribution in [0.1, 0.15) is 39.5 Å². The first-order valence-corrected chi connectivity index (χ1v) is 8.28. The van der Waals surface area contributed by atoms with E-state index in [1.165, 1.54) is 6.92 Å². The van der Waals surface area contributed by atoms with Crippen LogP contribution in [-0.2, 0) is 19.1 Å². The fourth-order valence-corrected chi connectivity index (χ4v) is 4.87. The molecular weight excluding hydrogens is 312 g/mol. The van der Waals surface area contributed by atoms with Crippen LogP contribution in [0.3, 0.4) is 0 Å². The van der Waals surface area contributed by atoms with Gasteiger partial charge in [0.15, 0.2) is 11.2 Å². The molecule has 3 aliphatic carbocycles. The molecule has 6 heteroatoms. The summed E-state index contributed by atoms with van der Waals surface area (Å²) < 4.78 is 11.5. The van der Waals surface area contributed by atoms with Crippen molar-refractivity contribution in [2.75, 3.05) is 0 Å². The summed E-state index contributed by atoms with van der Waals surface area (Å²) in [6.45, 7) is 10.3. The van der Waals surface area contributed by atoms with Crippen molar-refractivity contribution >= 4 is 11.9 Å². The van der Waals surface area contributed by atoms with Crippen molar-refractivity contribution in [3.05, 3.63) is 24.3 Å². The molecule has 3 saturated carbocycles. The minimum Gasteiger partial charge on any atom is -0.451 e. The predicted octanol–water partition coefficient (Wildman–Crippen LogP) is 1.26. The summed E-state index contributed by atoms with van der Waals surface area (Å²) in [6.07, 6.45) is -0.183. The summed E-state index contributed by atoms with van der Waals surface area (Å²) in [4.78, 5) is 24.5. The fraction of sp³-hybridized carbons (Fsp3) is 0.667. The molecule has 3 rings (SSSR count). The molecule has 0 aliphatic heterocycles. The van der Waals surface area contributed by atoms with E-state index in [1.54, 1.807) is 6.92 Å². The Labute approximate surface area is 141 Å². The van der Waals surface area contributed by atoms with Crippen LogP contribution in [-0.4, -0.2) is 45.6 Å². The first-order chi connectivity index (χ1) is 11.1. The van der Waals surface area contributed by atoms with Gasteiger partial charge in [0.2, 0.25) is 0 Å². The Morgan fingerprint density at radius 3 is 2.25 bits per heavy atom. The zero-order valence-corrected chi connectivity index (χ0v) is 14.1. The van der Waals surface area contributed by atoms with Gasteiger partial charge in [0.05, 0.1) is 6.10 Å². The second kappa shape index (κ2) is 5.43. The fourth-order valence-electron chi connectivity index (χ4n) is 4.87. The van der Waals surface area contributed by atoms with Crippen LogP contribution < -0.4 is 0 Å². The van der Waals surface area contributed by atoms with E-state index < -0.39 is 35.3 Å². The lowest BCUT2D eigenvalue weighted by atomic mass is 9.73. The van der Waals surface area contributed by atoms with E-state index >= 15 is 0 Å². The molecule has 0 saturated heterocycles. The maximum Gasteiger partial charge on any atom is 0.333 e. The van der Waals surface area contributed by atoms with Crippen molar-refractivity contribution in [2.45, 2.75) is 62.9 Å². The van der Waals surface area contributed by atoms with Crippen LogP contribution in [0.25, 0.3) is 0 Å². The van der Waals surface area contributed by atoms with Crippen molar-refractivity contribution in [1.29, 1.82) is 0 Å². The Hall–Kier alpha value is -1.66. The van der Waals surface area contributed by atoms with E-state index in [0.29, 0.717) is 19.3 Å². The van der Waals surface area contributed by atoms with Gasteiger partial charge in [-0.05, 0) is 45.4 Å². The molecule has 0 aromatic carbocycles. The number of fused-ring (bicyclic) bond motifs is 5. The van der Waals surface area contributed by atoms with Gasteiger partial charge in [-0.25, -0.2) is 9.59 Å². The molecule has 2 N–H and O–H groups in total. The molecule has 6 nitrogen and oxygen atoms in total. The summed E-state index contributed by atoms with van der Waals surface area (Å²) >= 11 is 0. The van der Waals surface area contributed by atoms with Crippen LogP contribution in [0.5, 0.6) is 0 Å². The highest BCUT2D eigenvalue weighted by Gasteiger charge is 2.78. The number of esters is 2. The molecule has 3 aliphatic rings. The van der Waals surface area contributed by atoms with Crippen LogP contribution in [0.2, 0.25) is 0 Å². The van der Waals surface area contributed by atoms with E-state index in [1.807, 2.05) is 0 Å². The molecule has 0 spiro atoms. The molecule has 0 aromatic heterocycles. The number of aliphatic hydroxyl groups excluding tert-OH is 2. The predicted molar refractivity (Wildman–Crippen MR) is 84.7 cm³/mol. The Morgan fingerprint density at radius 2 is 1.67 bits per heavy atom. The van der Waals surface area contributed by atoms with Gasteiger partial charge in [0.25, 0.3) is 0 Å². The Bertz CT molecular complexity index is 625. The van der Waals surface area contributed by atoms with Crippen molar-refractivity contribution in [3.8, 4) is 0 Å². The summed E-state index contributed by atoms with van der Waals surface area (Å²) in [5.41, 5.74) is -2.11. The first-order valence-electron chi connectivity index (χ1n) is 8.28. The van der Waals surface area contributed by atoms with Gasteiger partial charge in [-0.15, -0.1) is 0 Å². The average molecular weight is 336 g/mol. The van der Waals surface area contributed by atoms with E-state index in [9.17, 15) is 19.8 Å². The number of carbonyl (C=O) groups is 2. The minimum atomic E-state index is -1.42. The van der Waals surface area contributed by atoms with Gasteiger partial charge >= 0.3 is 11.9 Å². The summed E-state index contributed by atoms with van der Waals surface area (Å²) in [5, 5.41) is 20.9. The quantitative estimate of drug-likeness (QED) is 0.593.